The first kappa shape index (κ1) is 12.7. The lowest BCUT2D eigenvalue weighted by Crippen LogP contribution is -2.30. The molecule has 20 heavy (non-hydrogen) atoms. The molecule has 2 aromatic rings. The van der Waals surface area contributed by atoms with Crippen molar-refractivity contribution in [2.45, 2.75) is 12.5 Å². The zero-order chi connectivity index (χ0) is 14.1. The summed E-state index contributed by atoms with van der Waals surface area (Å²) in [5, 5.41) is 10.4. The topological polar surface area (TPSA) is 66.6 Å². The second kappa shape index (κ2) is 4.98. The third kappa shape index (κ3) is 2.14. The van der Waals surface area contributed by atoms with E-state index in [4.69, 9.17) is 5.73 Å². The molecule has 4 heteroatoms. The number of aliphatic hydroxyl groups is 1. The minimum absolute atomic E-state index is 0.0980. The smallest absolute Gasteiger partial charge is 0.237 e. The largest absolute Gasteiger partial charge is 0.388 e. The normalized spacial score (nSPS) is 17.1. The zero-order valence-corrected chi connectivity index (χ0v) is 11.0. The van der Waals surface area contributed by atoms with Crippen LogP contribution in [0.3, 0.4) is 0 Å². The van der Waals surface area contributed by atoms with E-state index in [1.165, 1.54) is 0 Å². The van der Waals surface area contributed by atoms with Crippen LogP contribution in [0, 0.1) is 0 Å². The number of primary amides is 1. The number of nitrogens with zero attached hydrogens (tertiary/aromatic N) is 1. The van der Waals surface area contributed by atoms with E-state index in [0.29, 0.717) is 6.42 Å². The second-order valence-corrected chi connectivity index (χ2v) is 4.96. The molecule has 1 aliphatic rings. The van der Waals surface area contributed by atoms with Gasteiger partial charge in [0.05, 0.1) is 6.10 Å². The van der Waals surface area contributed by atoms with Crippen LogP contribution in [-0.2, 0) is 11.2 Å². The molecule has 0 aromatic heterocycles. The average molecular weight is 268 g/mol. The van der Waals surface area contributed by atoms with Gasteiger partial charge in [-0.15, -0.1) is 0 Å². The number of carbonyl (C=O) groups is 1. The number of nitrogens with two attached hydrogens (primary N) is 1. The van der Waals surface area contributed by atoms with Crippen molar-refractivity contribution in [3.63, 3.8) is 0 Å². The van der Waals surface area contributed by atoms with Crippen LogP contribution >= 0.6 is 0 Å². The van der Waals surface area contributed by atoms with E-state index in [0.717, 1.165) is 22.5 Å². The van der Waals surface area contributed by atoms with Crippen LogP contribution in [0.1, 0.15) is 17.2 Å². The Labute approximate surface area is 117 Å². The quantitative estimate of drug-likeness (QED) is 0.874. The van der Waals surface area contributed by atoms with Gasteiger partial charge in [-0.05, 0) is 17.7 Å². The van der Waals surface area contributed by atoms with Crippen LogP contribution in [0.5, 0.6) is 0 Å². The van der Waals surface area contributed by atoms with E-state index in [9.17, 15) is 9.90 Å². The van der Waals surface area contributed by atoms with Crippen molar-refractivity contribution in [2.24, 2.45) is 5.73 Å². The van der Waals surface area contributed by atoms with Gasteiger partial charge in [0.15, 0.2) is 0 Å². The predicted molar refractivity (Wildman–Crippen MR) is 77.7 cm³/mol. The number of benzene rings is 2. The monoisotopic (exact) mass is 268 g/mol. The fraction of sp³-hybridized carbons (Fsp3) is 0.188. The van der Waals surface area contributed by atoms with E-state index >= 15 is 0 Å². The molecule has 2 aromatic carbocycles. The Hall–Kier alpha value is -2.33. The van der Waals surface area contributed by atoms with Gasteiger partial charge in [0.1, 0.15) is 6.54 Å². The Morgan fingerprint density at radius 1 is 1.15 bits per heavy atom. The lowest BCUT2D eigenvalue weighted by Gasteiger charge is -2.25. The van der Waals surface area contributed by atoms with Gasteiger partial charge < -0.3 is 15.7 Å². The first-order valence-corrected chi connectivity index (χ1v) is 6.57. The van der Waals surface area contributed by atoms with Crippen molar-refractivity contribution in [1.82, 2.24) is 0 Å². The molecule has 4 nitrogen and oxygen atoms in total. The second-order valence-electron chi connectivity index (χ2n) is 4.96. The summed E-state index contributed by atoms with van der Waals surface area (Å²) < 4.78 is 0. The Bertz CT molecular complexity index is 654. The van der Waals surface area contributed by atoms with Crippen molar-refractivity contribution >= 4 is 17.3 Å². The van der Waals surface area contributed by atoms with Gasteiger partial charge in [0, 0.05) is 23.4 Å². The number of fused-ring (bicyclic) bond motifs is 2. The fourth-order valence-corrected chi connectivity index (χ4v) is 2.74. The highest BCUT2D eigenvalue weighted by atomic mass is 16.3. The summed E-state index contributed by atoms with van der Waals surface area (Å²) >= 11 is 0. The molecule has 0 fully saturated rings. The Morgan fingerprint density at radius 3 is 2.55 bits per heavy atom. The van der Waals surface area contributed by atoms with Gasteiger partial charge in [0.25, 0.3) is 0 Å². The van der Waals surface area contributed by atoms with Gasteiger partial charge in [-0.2, -0.15) is 0 Å². The maximum absolute atomic E-state index is 11.4. The maximum Gasteiger partial charge on any atom is 0.237 e. The molecule has 3 rings (SSSR count). The molecular formula is C16H16N2O2. The highest BCUT2D eigenvalue weighted by Crippen LogP contribution is 2.39. The lowest BCUT2D eigenvalue weighted by atomic mass is 10.0. The standard InChI is InChI=1S/C16H16N2O2/c17-16(20)10-18-13-7-3-1-5-11(13)9-15(19)12-6-2-4-8-14(12)18/h1-8,15,19H,9-10H2,(H2,17,20). The minimum Gasteiger partial charge on any atom is -0.388 e. The Morgan fingerprint density at radius 2 is 1.80 bits per heavy atom. The van der Waals surface area contributed by atoms with Crippen LogP contribution in [0.25, 0.3) is 0 Å². The zero-order valence-electron chi connectivity index (χ0n) is 11.0. The van der Waals surface area contributed by atoms with Crippen molar-refractivity contribution in [1.29, 1.82) is 0 Å². The van der Waals surface area contributed by atoms with Gasteiger partial charge in [-0.1, -0.05) is 36.4 Å². The molecule has 0 radical (unpaired) electrons. The average Bonchev–Trinajstić information content (AvgIpc) is 2.55. The molecule has 102 valence electrons. The molecule has 0 saturated heterocycles. The summed E-state index contributed by atoms with van der Waals surface area (Å²) in [5.41, 5.74) is 8.98. The van der Waals surface area contributed by atoms with E-state index < -0.39 is 12.0 Å². The van der Waals surface area contributed by atoms with Crippen LogP contribution < -0.4 is 10.6 Å². The van der Waals surface area contributed by atoms with Crippen LogP contribution in [0.4, 0.5) is 11.4 Å². The third-order valence-electron chi connectivity index (χ3n) is 3.60. The van der Waals surface area contributed by atoms with Gasteiger partial charge >= 0.3 is 0 Å². The molecule has 1 aliphatic heterocycles. The molecule has 0 bridgehead atoms. The number of anilines is 2. The molecule has 1 heterocycles. The summed E-state index contributed by atoms with van der Waals surface area (Å²) in [6.07, 6.45) is -0.0483. The van der Waals surface area contributed by atoms with Gasteiger partial charge in [0.2, 0.25) is 5.91 Å². The summed E-state index contributed by atoms with van der Waals surface area (Å²) in [6, 6.07) is 15.4. The Kier molecular flexibility index (Phi) is 3.16. The predicted octanol–water partition coefficient (Wildman–Crippen LogP) is 1.90. The highest BCUT2D eigenvalue weighted by Gasteiger charge is 2.25. The number of hydrogen-bond donors (Lipinski definition) is 2. The van der Waals surface area contributed by atoms with Crippen molar-refractivity contribution in [2.75, 3.05) is 11.4 Å². The maximum atomic E-state index is 11.4. The number of para-hydroxylation sites is 2. The van der Waals surface area contributed by atoms with Crippen molar-refractivity contribution in [3.8, 4) is 0 Å². The number of aliphatic hydroxyl groups excluding tert-OH is 1. The number of carbonyl (C=O) groups excluding carboxylic acids is 1. The molecule has 1 amide bonds. The summed E-state index contributed by atoms with van der Waals surface area (Å²) in [5.74, 6) is -0.397. The Balaban J connectivity index is 2.20. The van der Waals surface area contributed by atoms with Crippen molar-refractivity contribution < 1.29 is 9.90 Å². The SMILES string of the molecule is NC(=O)CN1c2ccccc2CC(O)c2ccccc21. The third-order valence-corrected chi connectivity index (χ3v) is 3.60. The van der Waals surface area contributed by atoms with E-state index in [-0.39, 0.29) is 6.54 Å². The van der Waals surface area contributed by atoms with E-state index in [1.54, 1.807) is 0 Å². The number of amides is 1. The molecule has 0 spiro atoms. The molecule has 1 atom stereocenters. The molecule has 3 N–H and O–H groups in total. The fourth-order valence-electron chi connectivity index (χ4n) is 2.74. The summed E-state index contributed by atoms with van der Waals surface area (Å²) in [6.45, 7) is 0.0980. The van der Waals surface area contributed by atoms with Crippen LogP contribution in [0.15, 0.2) is 48.5 Å². The van der Waals surface area contributed by atoms with Crippen molar-refractivity contribution in [3.05, 3.63) is 59.7 Å². The first-order chi connectivity index (χ1) is 9.66. The highest BCUT2D eigenvalue weighted by molar-refractivity contribution is 5.85. The van der Waals surface area contributed by atoms with Gasteiger partial charge in [-0.25, -0.2) is 0 Å². The number of rotatable bonds is 2. The van der Waals surface area contributed by atoms with E-state index in [1.807, 2.05) is 53.4 Å². The number of hydrogen-bond acceptors (Lipinski definition) is 3. The molecule has 0 saturated carbocycles. The summed E-state index contributed by atoms with van der Waals surface area (Å²) in [4.78, 5) is 13.3. The van der Waals surface area contributed by atoms with Gasteiger partial charge in [-0.3, -0.25) is 4.79 Å². The molecular weight excluding hydrogens is 252 g/mol. The van der Waals surface area contributed by atoms with Crippen LogP contribution in [0.2, 0.25) is 0 Å². The lowest BCUT2D eigenvalue weighted by molar-refractivity contribution is -0.116. The summed E-state index contributed by atoms with van der Waals surface area (Å²) in [7, 11) is 0. The first-order valence-electron chi connectivity index (χ1n) is 6.57. The molecule has 1 unspecified atom stereocenters. The minimum atomic E-state index is -0.578. The molecule has 0 aliphatic carbocycles. The van der Waals surface area contributed by atoms with Crippen LogP contribution in [-0.4, -0.2) is 17.6 Å². The van der Waals surface area contributed by atoms with E-state index in [2.05, 4.69) is 0 Å².